The molecule has 0 aliphatic rings. The van der Waals surface area contributed by atoms with Crippen molar-refractivity contribution < 1.29 is 9.47 Å². The lowest BCUT2D eigenvalue weighted by molar-refractivity contribution is 0.359. The van der Waals surface area contributed by atoms with Crippen LogP contribution < -0.4 is 9.47 Å². The molecule has 4 heteroatoms. The van der Waals surface area contributed by atoms with Crippen molar-refractivity contribution in [2.45, 2.75) is 0 Å². The Morgan fingerprint density at radius 3 is 2.57 bits per heavy atom. The summed E-state index contributed by atoms with van der Waals surface area (Å²) < 4.78 is 10.5. The Hall–Kier alpha value is -1.00. The standard InChI is InChI=1S/C10H10O2S2/c1-11-7-6-14-10(9(7)12-2)8-4-3-5-13-8/h3-6H,1-2H3. The van der Waals surface area contributed by atoms with E-state index in [4.69, 9.17) is 9.47 Å². The molecule has 0 unspecified atom stereocenters. The largest absolute Gasteiger partial charge is 0.492 e. The van der Waals surface area contributed by atoms with Gasteiger partial charge < -0.3 is 9.47 Å². The number of methoxy groups -OCH3 is 2. The van der Waals surface area contributed by atoms with E-state index in [9.17, 15) is 0 Å². The van der Waals surface area contributed by atoms with Gasteiger partial charge in [0.05, 0.1) is 19.1 Å². The van der Waals surface area contributed by atoms with E-state index in [2.05, 4.69) is 11.4 Å². The zero-order chi connectivity index (χ0) is 9.97. The number of hydrogen-bond acceptors (Lipinski definition) is 4. The second kappa shape index (κ2) is 4.02. The Morgan fingerprint density at radius 1 is 1.14 bits per heavy atom. The van der Waals surface area contributed by atoms with Crippen LogP contribution in [0, 0.1) is 0 Å². The number of ether oxygens (including phenoxy) is 2. The van der Waals surface area contributed by atoms with Gasteiger partial charge in [0.25, 0.3) is 0 Å². The minimum absolute atomic E-state index is 0.806. The summed E-state index contributed by atoms with van der Waals surface area (Å²) in [6, 6.07) is 4.12. The summed E-state index contributed by atoms with van der Waals surface area (Å²) in [5.74, 6) is 1.64. The molecule has 0 aliphatic heterocycles. The topological polar surface area (TPSA) is 18.5 Å². The summed E-state index contributed by atoms with van der Waals surface area (Å²) in [4.78, 5) is 2.36. The van der Waals surface area contributed by atoms with Crippen molar-refractivity contribution in [1.29, 1.82) is 0 Å². The number of hydrogen-bond donors (Lipinski definition) is 0. The second-order valence-corrected chi connectivity index (χ2v) is 4.47. The lowest BCUT2D eigenvalue weighted by Gasteiger charge is -2.03. The van der Waals surface area contributed by atoms with Crippen molar-refractivity contribution in [2.24, 2.45) is 0 Å². The van der Waals surface area contributed by atoms with Gasteiger partial charge in [0, 0.05) is 10.3 Å². The van der Waals surface area contributed by atoms with Gasteiger partial charge in [-0.25, -0.2) is 0 Å². The van der Waals surface area contributed by atoms with E-state index < -0.39 is 0 Å². The maximum atomic E-state index is 5.32. The highest BCUT2D eigenvalue weighted by Crippen LogP contribution is 2.45. The molecule has 0 fully saturated rings. The maximum absolute atomic E-state index is 5.32. The van der Waals surface area contributed by atoms with Gasteiger partial charge >= 0.3 is 0 Å². The van der Waals surface area contributed by atoms with Crippen molar-refractivity contribution in [3.05, 3.63) is 22.9 Å². The van der Waals surface area contributed by atoms with Crippen LogP contribution in [0.3, 0.4) is 0 Å². The molecule has 0 aliphatic carbocycles. The van der Waals surface area contributed by atoms with Gasteiger partial charge in [-0.2, -0.15) is 0 Å². The van der Waals surface area contributed by atoms with Crippen molar-refractivity contribution in [2.75, 3.05) is 14.2 Å². The van der Waals surface area contributed by atoms with Crippen LogP contribution in [-0.2, 0) is 0 Å². The molecule has 0 atom stereocenters. The van der Waals surface area contributed by atoms with Crippen molar-refractivity contribution in [3.63, 3.8) is 0 Å². The molecule has 0 saturated heterocycles. The zero-order valence-corrected chi connectivity index (χ0v) is 9.58. The molecule has 0 N–H and O–H groups in total. The summed E-state index contributed by atoms with van der Waals surface area (Å²) in [5.41, 5.74) is 0. The molecule has 2 rings (SSSR count). The van der Waals surface area contributed by atoms with Gasteiger partial charge in [-0.3, -0.25) is 0 Å². The number of rotatable bonds is 3. The third kappa shape index (κ3) is 1.51. The predicted molar refractivity (Wildman–Crippen MR) is 60.7 cm³/mol. The first-order valence-electron chi connectivity index (χ1n) is 4.10. The summed E-state index contributed by atoms with van der Waals surface area (Å²) >= 11 is 3.35. The maximum Gasteiger partial charge on any atom is 0.180 e. The van der Waals surface area contributed by atoms with E-state index in [0.29, 0.717) is 0 Å². The fraction of sp³-hybridized carbons (Fsp3) is 0.200. The molecular weight excluding hydrogens is 216 g/mol. The molecule has 0 radical (unpaired) electrons. The SMILES string of the molecule is COc1csc(-c2cccs2)c1OC. The number of thiophene rings is 2. The van der Waals surface area contributed by atoms with Gasteiger partial charge in [-0.1, -0.05) is 6.07 Å². The zero-order valence-electron chi connectivity index (χ0n) is 7.94. The molecular formula is C10H10O2S2. The third-order valence-electron chi connectivity index (χ3n) is 1.88. The third-order valence-corrected chi connectivity index (χ3v) is 3.87. The highest BCUT2D eigenvalue weighted by Gasteiger charge is 2.14. The molecule has 2 aromatic heterocycles. The second-order valence-electron chi connectivity index (χ2n) is 2.64. The van der Waals surface area contributed by atoms with Crippen LogP contribution in [0.15, 0.2) is 22.9 Å². The molecule has 0 saturated carbocycles. The molecule has 0 bridgehead atoms. The lowest BCUT2D eigenvalue weighted by atomic mass is 10.3. The fourth-order valence-corrected chi connectivity index (χ4v) is 3.10. The first kappa shape index (κ1) is 9.55. The quantitative estimate of drug-likeness (QED) is 0.797. The summed E-state index contributed by atoms with van der Waals surface area (Å²) in [5, 5.41) is 4.02. The van der Waals surface area contributed by atoms with Crippen LogP contribution in [-0.4, -0.2) is 14.2 Å². The smallest absolute Gasteiger partial charge is 0.180 e. The molecule has 2 nitrogen and oxygen atoms in total. The molecule has 74 valence electrons. The van der Waals surface area contributed by atoms with E-state index in [1.54, 1.807) is 36.9 Å². The van der Waals surface area contributed by atoms with Crippen molar-refractivity contribution in [3.8, 4) is 21.3 Å². The molecule has 0 spiro atoms. The Kier molecular flexibility index (Phi) is 2.74. The van der Waals surface area contributed by atoms with Crippen LogP contribution in [0.25, 0.3) is 9.75 Å². The van der Waals surface area contributed by atoms with E-state index >= 15 is 0 Å². The Bertz CT molecular complexity index is 404. The predicted octanol–water partition coefficient (Wildman–Crippen LogP) is 3.49. The van der Waals surface area contributed by atoms with Crippen molar-refractivity contribution >= 4 is 22.7 Å². The highest BCUT2D eigenvalue weighted by molar-refractivity contribution is 7.20. The van der Waals surface area contributed by atoms with Gasteiger partial charge in [-0.15, -0.1) is 22.7 Å². The summed E-state index contributed by atoms with van der Waals surface area (Å²) in [7, 11) is 3.32. The van der Waals surface area contributed by atoms with E-state index in [1.165, 1.54) is 4.88 Å². The van der Waals surface area contributed by atoms with Crippen LogP contribution in [0.2, 0.25) is 0 Å². The van der Waals surface area contributed by atoms with E-state index in [-0.39, 0.29) is 0 Å². The van der Waals surface area contributed by atoms with E-state index in [0.717, 1.165) is 16.4 Å². The lowest BCUT2D eigenvalue weighted by Crippen LogP contribution is -1.86. The Morgan fingerprint density at radius 2 is 2.00 bits per heavy atom. The van der Waals surface area contributed by atoms with Crippen molar-refractivity contribution in [1.82, 2.24) is 0 Å². The fourth-order valence-electron chi connectivity index (χ4n) is 1.24. The average Bonchev–Trinajstić information content (AvgIpc) is 2.85. The van der Waals surface area contributed by atoms with Crippen LogP contribution in [0.1, 0.15) is 0 Å². The minimum atomic E-state index is 0.806. The average molecular weight is 226 g/mol. The monoisotopic (exact) mass is 226 g/mol. The van der Waals surface area contributed by atoms with Gasteiger partial charge in [0.2, 0.25) is 0 Å². The molecule has 0 amide bonds. The van der Waals surface area contributed by atoms with Gasteiger partial charge in [0.1, 0.15) is 0 Å². The minimum Gasteiger partial charge on any atom is -0.492 e. The normalized spacial score (nSPS) is 10.1. The molecule has 2 aromatic rings. The summed E-state index contributed by atoms with van der Waals surface area (Å²) in [6.45, 7) is 0. The Balaban J connectivity index is 2.48. The highest BCUT2D eigenvalue weighted by atomic mass is 32.1. The van der Waals surface area contributed by atoms with E-state index in [1.807, 2.05) is 11.4 Å². The van der Waals surface area contributed by atoms with Gasteiger partial charge in [0.15, 0.2) is 11.5 Å². The van der Waals surface area contributed by atoms with Crippen LogP contribution in [0.5, 0.6) is 11.5 Å². The molecule has 0 aromatic carbocycles. The molecule has 2 heterocycles. The summed E-state index contributed by atoms with van der Waals surface area (Å²) in [6.07, 6.45) is 0. The van der Waals surface area contributed by atoms with Gasteiger partial charge in [-0.05, 0) is 11.4 Å². The first-order chi connectivity index (χ1) is 6.86. The Labute approximate surface area is 90.7 Å². The first-order valence-corrected chi connectivity index (χ1v) is 5.86. The van der Waals surface area contributed by atoms with Crippen LogP contribution >= 0.6 is 22.7 Å². The molecule has 14 heavy (non-hydrogen) atoms. The van der Waals surface area contributed by atoms with Crippen LogP contribution in [0.4, 0.5) is 0 Å².